The topological polar surface area (TPSA) is 53.6 Å². The first-order chi connectivity index (χ1) is 9.72. The van der Waals surface area contributed by atoms with Crippen LogP contribution < -0.4 is 10.6 Å². The summed E-state index contributed by atoms with van der Waals surface area (Å²) in [6.07, 6.45) is 5.41. The van der Waals surface area contributed by atoms with Crippen molar-refractivity contribution in [1.82, 2.24) is 15.5 Å². The highest BCUT2D eigenvalue weighted by Crippen LogP contribution is 2.17. The van der Waals surface area contributed by atoms with E-state index in [1.807, 2.05) is 0 Å². The number of hydrogen-bond donors (Lipinski definition) is 2. The molecular weight excluding hydrogens is 254 g/mol. The molecule has 0 bridgehead atoms. The van der Waals surface area contributed by atoms with Crippen LogP contribution in [0, 0.1) is 0 Å². The van der Waals surface area contributed by atoms with Crippen LogP contribution in [-0.2, 0) is 4.74 Å². The molecule has 5 nitrogen and oxygen atoms in total. The smallest absolute Gasteiger partial charge is 0.315 e. The molecule has 0 aromatic heterocycles. The van der Waals surface area contributed by atoms with Crippen LogP contribution >= 0.6 is 0 Å². The number of urea groups is 1. The first-order valence-electron chi connectivity index (χ1n) is 8.14. The minimum atomic E-state index is -0.0256. The summed E-state index contributed by atoms with van der Waals surface area (Å²) in [4.78, 5) is 14.5. The number of ether oxygens (including phenoxy) is 1. The number of nitrogens with zero attached hydrogens (tertiary/aromatic N) is 1. The van der Waals surface area contributed by atoms with Gasteiger partial charge in [0.15, 0.2) is 0 Å². The predicted octanol–water partition coefficient (Wildman–Crippen LogP) is 1.73. The van der Waals surface area contributed by atoms with Gasteiger partial charge in [-0.2, -0.15) is 0 Å². The summed E-state index contributed by atoms with van der Waals surface area (Å²) in [5.74, 6) is 0. The van der Waals surface area contributed by atoms with E-state index in [1.54, 1.807) is 0 Å². The summed E-state index contributed by atoms with van der Waals surface area (Å²) >= 11 is 0. The van der Waals surface area contributed by atoms with Crippen LogP contribution in [-0.4, -0.2) is 55.4 Å². The van der Waals surface area contributed by atoms with Crippen molar-refractivity contribution >= 4 is 6.03 Å². The normalized spacial score (nSPS) is 26.4. The molecule has 0 aromatic rings. The number of rotatable bonds is 5. The standard InChI is InChI=1S/C15H29N3O2/c1-3-13(14-6-5-11-20-14)17-15(19)16-12-7-9-18(4-2)10-8-12/h12-14H,3-11H2,1-2H3,(H2,16,17,19)/t13-,14-/m0/s1. The zero-order valence-electron chi connectivity index (χ0n) is 12.9. The molecule has 116 valence electrons. The monoisotopic (exact) mass is 283 g/mol. The van der Waals surface area contributed by atoms with E-state index in [0.717, 1.165) is 58.3 Å². The second kappa shape index (κ2) is 7.84. The van der Waals surface area contributed by atoms with E-state index in [2.05, 4.69) is 29.4 Å². The molecule has 2 fully saturated rings. The van der Waals surface area contributed by atoms with E-state index in [9.17, 15) is 4.79 Å². The zero-order valence-corrected chi connectivity index (χ0v) is 12.9. The van der Waals surface area contributed by atoms with Gasteiger partial charge >= 0.3 is 6.03 Å². The lowest BCUT2D eigenvalue weighted by Gasteiger charge is -2.32. The van der Waals surface area contributed by atoms with E-state index in [4.69, 9.17) is 4.74 Å². The number of carbonyl (C=O) groups excluding carboxylic acids is 1. The van der Waals surface area contributed by atoms with E-state index in [0.29, 0.717) is 6.04 Å². The lowest BCUT2D eigenvalue weighted by atomic mass is 10.0. The zero-order chi connectivity index (χ0) is 14.4. The molecule has 20 heavy (non-hydrogen) atoms. The minimum Gasteiger partial charge on any atom is -0.376 e. The van der Waals surface area contributed by atoms with Crippen LogP contribution in [0.3, 0.4) is 0 Å². The maximum absolute atomic E-state index is 12.1. The number of carbonyl (C=O) groups is 1. The van der Waals surface area contributed by atoms with Gasteiger partial charge in [-0.25, -0.2) is 4.79 Å². The van der Waals surface area contributed by atoms with Gasteiger partial charge in [-0.1, -0.05) is 13.8 Å². The van der Waals surface area contributed by atoms with Crippen molar-refractivity contribution in [3.63, 3.8) is 0 Å². The summed E-state index contributed by atoms with van der Waals surface area (Å²) in [6.45, 7) is 8.41. The number of hydrogen-bond acceptors (Lipinski definition) is 3. The van der Waals surface area contributed by atoms with E-state index < -0.39 is 0 Å². The van der Waals surface area contributed by atoms with Gasteiger partial charge in [0.2, 0.25) is 0 Å². The van der Waals surface area contributed by atoms with Gasteiger partial charge in [-0.3, -0.25) is 0 Å². The third-order valence-corrected chi connectivity index (χ3v) is 4.54. The van der Waals surface area contributed by atoms with Gasteiger partial charge in [-0.05, 0) is 38.6 Å². The largest absolute Gasteiger partial charge is 0.376 e. The van der Waals surface area contributed by atoms with Crippen LogP contribution in [0.15, 0.2) is 0 Å². The van der Waals surface area contributed by atoms with Gasteiger partial charge < -0.3 is 20.3 Å². The molecule has 0 aliphatic carbocycles. The van der Waals surface area contributed by atoms with E-state index in [1.165, 1.54) is 0 Å². The summed E-state index contributed by atoms with van der Waals surface area (Å²) in [5, 5.41) is 6.21. The quantitative estimate of drug-likeness (QED) is 0.808. The lowest BCUT2D eigenvalue weighted by molar-refractivity contribution is 0.0792. The van der Waals surface area contributed by atoms with Crippen LogP contribution in [0.5, 0.6) is 0 Å². The Morgan fingerprint density at radius 2 is 2.05 bits per heavy atom. The molecule has 0 spiro atoms. The molecule has 0 radical (unpaired) electrons. The Bertz CT molecular complexity index is 297. The van der Waals surface area contributed by atoms with Gasteiger partial charge in [0.25, 0.3) is 0 Å². The molecule has 0 saturated carbocycles. The van der Waals surface area contributed by atoms with Crippen molar-refractivity contribution < 1.29 is 9.53 Å². The average molecular weight is 283 g/mol. The Hall–Kier alpha value is -0.810. The second-order valence-corrected chi connectivity index (χ2v) is 5.89. The van der Waals surface area contributed by atoms with Crippen LogP contribution in [0.25, 0.3) is 0 Å². The highest BCUT2D eigenvalue weighted by molar-refractivity contribution is 5.74. The summed E-state index contributed by atoms with van der Waals surface area (Å²) < 4.78 is 5.68. The molecule has 2 N–H and O–H groups in total. The first kappa shape index (κ1) is 15.6. The van der Waals surface area contributed by atoms with Gasteiger partial charge in [0, 0.05) is 25.7 Å². The Kier molecular flexibility index (Phi) is 6.10. The fourth-order valence-electron chi connectivity index (χ4n) is 3.17. The maximum atomic E-state index is 12.1. The minimum absolute atomic E-state index is 0.0256. The molecule has 2 heterocycles. The molecule has 2 atom stereocenters. The summed E-state index contributed by atoms with van der Waals surface area (Å²) in [7, 11) is 0. The fraction of sp³-hybridized carbons (Fsp3) is 0.933. The molecule has 2 aliphatic rings. The Balaban J connectivity index is 1.71. The van der Waals surface area contributed by atoms with E-state index >= 15 is 0 Å². The van der Waals surface area contributed by atoms with Crippen molar-refractivity contribution in [3.8, 4) is 0 Å². The van der Waals surface area contributed by atoms with Crippen molar-refractivity contribution in [2.45, 2.75) is 64.1 Å². The first-order valence-corrected chi connectivity index (χ1v) is 8.14. The lowest BCUT2D eigenvalue weighted by Crippen LogP contribution is -2.52. The number of piperidine rings is 1. The Labute approximate surface area is 122 Å². The highest BCUT2D eigenvalue weighted by atomic mass is 16.5. The summed E-state index contributed by atoms with van der Waals surface area (Å²) in [6, 6.07) is 0.440. The Morgan fingerprint density at radius 3 is 2.60 bits per heavy atom. The third-order valence-electron chi connectivity index (χ3n) is 4.54. The molecule has 2 amide bonds. The van der Waals surface area contributed by atoms with Gasteiger partial charge in [0.05, 0.1) is 12.1 Å². The molecule has 5 heteroatoms. The maximum Gasteiger partial charge on any atom is 0.315 e. The fourth-order valence-corrected chi connectivity index (χ4v) is 3.17. The SMILES string of the molecule is CC[C@H](NC(=O)NC1CCN(CC)CC1)[C@@H]1CCCO1. The second-order valence-electron chi connectivity index (χ2n) is 5.89. The summed E-state index contributed by atoms with van der Waals surface area (Å²) in [5.41, 5.74) is 0. The van der Waals surface area contributed by atoms with Crippen LogP contribution in [0.1, 0.15) is 46.0 Å². The molecule has 2 aliphatic heterocycles. The molecule has 0 aromatic carbocycles. The van der Waals surface area contributed by atoms with Crippen LogP contribution in [0.2, 0.25) is 0 Å². The van der Waals surface area contributed by atoms with Crippen molar-refractivity contribution in [3.05, 3.63) is 0 Å². The average Bonchev–Trinajstić information content (AvgIpc) is 2.99. The van der Waals surface area contributed by atoms with Gasteiger partial charge in [-0.15, -0.1) is 0 Å². The molecule has 2 rings (SSSR count). The third kappa shape index (κ3) is 4.35. The molecule has 0 unspecified atom stereocenters. The van der Waals surface area contributed by atoms with Crippen molar-refractivity contribution in [1.29, 1.82) is 0 Å². The Morgan fingerprint density at radius 1 is 1.30 bits per heavy atom. The van der Waals surface area contributed by atoms with Gasteiger partial charge in [0.1, 0.15) is 0 Å². The molecule has 2 saturated heterocycles. The highest BCUT2D eigenvalue weighted by Gasteiger charge is 2.27. The predicted molar refractivity (Wildman–Crippen MR) is 79.9 cm³/mol. The number of likely N-dealkylation sites (tertiary alicyclic amines) is 1. The number of amides is 2. The van der Waals surface area contributed by atoms with Crippen molar-refractivity contribution in [2.24, 2.45) is 0 Å². The molecular formula is C15H29N3O2. The van der Waals surface area contributed by atoms with E-state index in [-0.39, 0.29) is 18.2 Å². The number of nitrogens with one attached hydrogen (secondary N) is 2. The van der Waals surface area contributed by atoms with Crippen LogP contribution in [0.4, 0.5) is 4.79 Å². The van der Waals surface area contributed by atoms with Crippen molar-refractivity contribution in [2.75, 3.05) is 26.2 Å².